The lowest BCUT2D eigenvalue weighted by Crippen LogP contribution is -2.36. The van der Waals surface area contributed by atoms with Crippen molar-refractivity contribution < 1.29 is 9.59 Å². The van der Waals surface area contributed by atoms with Crippen molar-refractivity contribution in [3.8, 4) is 0 Å². The molecule has 0 bridgehead atoms. The SMILES string of the molecule is Cc1ncsc1CN(Cc1ccccc1)C(=O)C1CC(=O)N(c2cccc(Cl)c2)C1. The molecule has 1 fully saturated rings. The van der Waals surface area contributed by atoms with Crippen molar-refractivity contribution in [1.82, 2.24) is 9.88 Å². The predicted molar refractivity (Wildman–Crippen MR) is 119 cm³/mol. The summed E-state index contributed by atoms with van der Waals surface area (Å²) in [5.41, 5.74) is 4.53. The predicted octanol–water partition coefficient (Wildman–Crippen LogP) is 4.69. The average Bonchev–Trinajstić information content (AvgIpc) is 3.33. The second-order valence-electron chi connectivity index (χ2n) is 7.43. The smallest absolute Gasteiger partial charge is 0.228 e. The number of carbonyl (C=O) groups is 2. The molecule has 1 unspecified atom stereocenters. The number of hydrogen-bond donors (Lipinski definition) is 0. The zero-order valence-corrected chi connectivity index (χ0v) is 18.2. The maximum atomic E-state index is 13.5. The fraction of sp³-hybridized carbons (Fsp3) is 0.261. The van der Waals surface area contributed by atoms with Crippen LogP contribution in [-0.2, 0) is 22.7 Å². The van der Waals surface area contributed by atoms with Gasteiger partial charge in [0.1, 0.15) is 0 Å². The van der Waals surface area contributed by atoms with E-state index >= 15 is 0 Å². The molecule has 1 aliphatic heterocycles. The van der Waals surface area contributed by atoms with Crippen molar-refractivity contribution in [3.63, 3.8) is 0 Å². The molecule has 0 spiro atoms. The fourth-order valence-electron chi connectivity index (χ4n) is 3.69. The molecule has 1 saturated heterocycles. The van der Waals surface area contributed by atoms with Gasteiger partial charge < -0.3 is 9.80 Å². The van der Waals surface area contributed by atoms with Crippen molar-refractivity contribution in [2.75, 3.05) is 11.4 Å². The molecular weight excluding hydrogens is 418 g/mol. The van der Waals surface area contributed by atoms with Crippen LogP contribution in [0.2, 0.25) is 5.02 Å². The van der Waals surface area contributed by atoms with E-state index in [1.54, 1.807) is 33.9 Å². The lowest BCUT2D eigenvalue weighted by molar-refractivity contribution is -0.137. The number of nitrogens with zero attached hydrogens (tertiary/aromatic N) is 3. The molecule has 0 saturated carbocycles. The first-order chi connectivity index (χ1) is 14.5. The zero-order chi connectivity index (χ0) is 21.1. The summed E-state index contributed by atoms with van der Waals surface area (Å²) in [4.78, 5) is 35.0. The third-order valence-electron chi connectivity index (χ3n) is 5.30. The molecule has 2 aromatic carbocycles. The molecule has 2 amide bonds. The van der Waals surface area contributed by atoms with Crippen LogP contribution >= 0.6 is 22.9 Å². The number of aromatic nitrogens is 1. The van der Waals surface area contributed by atoms with Gasteiger partial charge in [0.25, 0.3) is 0 Å². The number of rotatable bonds is 6. The maximum Gasteiger partial charge on any atom is 0.228 e. The Hall–Kier alpha value is -2.70. The lowest BCUT2D eigenvalue weighted by atomic mass is 10.1. The van der Waals surface area contributed by atoms with E-state index in [0.29, 0.717) is 24.7 Å². The van der Waals surface area contributed by atoms with Crippen LogP contribution in [0.3, 0.4) is 0 Å². The molecule has 1 aliphatic rings. The minimum atomic E-state index is -0.381. The average molecular weight is 440 g/mol. The van der Waals surface area contributed by atoms with Gasteiger partial charge in [-0.2, -0.15) is 0 Å². The minimum Gasteiger partial charge on any atom is -0.333 e. The van der Waals surface area contributed by atoms with Crippen LogP contribution in [0.15, 0.2) is 60.1 Å². The monoisotopic (exact) mass is 439 g/mol. The standard InChI is InChI=1S/C23H22ClN3O2S/c1-16-21(30-15-25-16)14-26(12-17-6-3-2-4-7-17)23(29)18-10-22(28)27(13-18)20-9-5-8-19(24)11-20/h2-9,11,15,18H,10,12-14H2,1H3. The van der Waals surface area contributed by atoms with Crippen LogP contribution in [0, 0.1) is 12.8 Å². The van der Waals surface area contributed by atoms with Gasteiger partial charge in [0.2, 0.25) is 11.8 Å². The Labute approximate surface area is 184 Å². The number of halogens is 1. The molecule has 2 heterocycles. The van der Waals surface area contributed by atoms with Crippen molar-refractivity contribution >= 4 is 40.4 Å². The fourth-order valence-corrected chi connectivity index (χ4v) is 4.67. The van der Waals surface area contributed by atoms with Crippen molar-refractivity contribution in [2.45, 2.75) is 26.4 Å². The Morgan fingerprint density at radius 3 is 2.70 bits per heavy atom. The second kappa shape index (κ2) is 8.98. The van der Waals surface area contributed by atoms with Gasteiger partial charge in [-0.15, -0.1) is 11.3 Å². The molecule has 154 valence electrons. The van der Waals surface area contributed by atoms with Crippen LogP contribution in [0.4, 0.5) is 5.69 Å². The highest BCUT2D eigenvalue weighted by molar-refractivity contribution is 7.09. The Morgan fingerprint density at radius 2 is 2.00 bits per heavy atom. The number of anilines is 1. The Morgan fingerprint density at radius 1 is 1.20 bits per heavy atom. The van der Waals surface area contributed by atoms with Crippen LogP contribution in [-0.4, -0.2) is 28.2 Å². The molecule has 3 aromatic rings. The van der Waals surface area contributed by atoms with Crippen LogP contribution in [0.1, 0.15) is 22.6 Å². The van der Waals surface area contributed by atoms with E-state index in [-0.39, 0.29) is 24.2 Å². The number of carbonyl (C=O) groups excluding carboxylic acids is 2. The van der Waals surface area contributed by atoms with Gasteiger partial charge in [-0.25, -0.2) is 4.98 Å². The largest absolute Gasteiger partial charge is 0.333 e. The number of benzene rings is 2. The summed E-state index contributed by atoms with van der Waals surface area (Å²) in [6.45, 7) is 3.31. The summed E-state index contributed by atoms with van der Waals surface area (Å²) in [5.74, 6) is -0.442. The third-order valence-corrected chi connectivity index (χ3v) is 6.46. The Balaban J connectivity index is 1.55. The first-order valence-electron chi connectivity index (χ1n) is 9.79. The summed E-state index contributed by atoms with van der Waals surface area (Å²) >= 11 is 7.64. The van der Waals surface area contributed by atoms with E-state index < -0.39 is 0 Å². The molecule has 7 heteroatoms. The van der Waals surface area contributed by atoms with Gasteiger partial charge in [0.05, 0.1) is 23.7 Å². The van der Waals surface area contributed by atoms with Crippen molar-refractivity contribution in [1.29, 1.82) is 0 Å². The molecule has 0 radical (unpaired) electrons. The summed E-state index contributed by atoms with van der Waals surface area (Å²) in [6, 6.07) is 17.1. The molecule has 1 atom stereocenters. The van der Waals surface area contributed by atoms with Crippen molar-refractivity contribution in [2.24, 2.45) is 5.92 Å². The number of hydrogen-bond acceptors (Lipinski definition) is 4. The number of aryl methyl sites for hydroxylation is 1. The molecule has 0 aliphatic carbocycles. The normalized spacial score (nSPS) is 16.1. The van der Waals surface area contributed by atoms with E-state index in [4.69, 9.17) is 11.6 Å². The molecule has 30 heavy (non-hydrogen) atoms. The van der Waals surface area contributed by atoms with E-state index in [9.17, 15) is 9.59 Å². The van der Waals surface area contributed by atoms with Gasteiger partial charge in [-0.1, -0.05) is 48.0 Å². The minimum absolute atomic E-state index is 0.00969. The topological polar surface area (TPSA) is 53.5 Å². The molecule has 0 N–H and O–H groups in total. The summed E-state index contributed by atoms with van der Waals surface area (Å²) in [6.07, 6.45) is 0.207. The second-order valence-corrected chi connectivity index (χ2v) is 8.80. The first kappa shape index (κ1) is 20.6. The molecular formula is C23H22ClN3O2S. The number of thiazole rings is 1. The van der Waals surface area contributed by atoms with Crippen molar-refractivity contribution in [3.05, 3.63) is 81.3 Å². The molecule has 4 rings (SSSR count). The Bertz CT molecular complexity index is 1050. The quantitative estimate of drug-likeness (QED) is 0.560. The summed E-state index contributed by atoms with van der Waals surface area (Å²) < 4.78 is 0. The molecule has 5 nitrogen and oxygen atoms in total. The van der Waals surface area contributed by atoms with Gasteiger partial charge in [0, 0.05) is 35.1 Å². The summed E-state index contributed by atoms with van der Waals surface area (Å²) in [5, 5.41) is 0.571. The molecule has 1 aromatic heterocycles. The van der Waals surface area contributed by atoms with E-state index in [1.165, 1.54) is 0 Å². The van der Waals surface area contributed by atoms with Crippen LogP contribution in [0.25, 0.3) is 0 Å². The highest BCUT2D eigenvalue weighted by atomic mass is 35.5. The number of amides is 2. The Kier molecular flexibility index (Phi) is 6.16. The van der Waals surface area contributed by atoms with E-state index in [1.807, 2.05) is 54.3 Å². The highest BCUT2D eigenvalue weighted by Crippen LogP contribution is 2.29. The van der Waals surface area contributed by atoms with Gasteiger partial charge >= 0.3 is 0 Å². The lowest BCUT2D eigenvalue weighted by Gasteiger charge is -2.25. The van der Waals surface area contributed by atoms with Gasteiger partial charge in [-0.3, -0.25) is 9.59 Å². The van der Waals surface area contributed by atoms with E-state index in [2.05, 4.69) is 4.98 Å². The van der Waals surface area contributed by atoms with Gasteiger partial charge in [-0.05, 0) is 30.7 Å². The van der Waals surface area contributed by atoms with Crippen LogP contribution in [0.5, 0.6) is 0 Å². The third kappa shape index (κ3) is 4.55. The maximum absolute atomic E-state index is 13.5. The first-order valence-corrected chi connectivity index (χ1v) is 11.0. The summed E-state index contributed by atoms with van der Waals surface area (Å²) in [7, 11) is 0. The van der Waals surface area contributed by atoms with Crippen LogP contribution < -0.4 is 4.90 Å². The highest BCUT2D eigenvalue weighted by Gasteiger charge is 2.37. The van der Waals surface area contributed by atoms with E-state index in [0.717, 1.165) is 21.8 Å². The zero-order valence-electron chi connectivity index (χ0n) is 16.6. The van der Waals surface area contributed by atoms with Gasteiger partial charge in [0.15, 0.2) is 0 Å².